The smallest absolute Gasteiger partial charge is 0.150 e. The molecule has 82 valence electrons. The first-order valence-electron chi connectivity index (χ1n) is 4.96. The average molecular weight is 215 g/mol. The van der Waals surface area contributed by atoms with Gasteiger partial charge in [-0.2, -0.15) is 0 Å². The normalized spacial score (nSPS) is 20.4. The molecule has 0 aromatic carbocycles. The highest BCUT2D eigenvalue weighted by Gasteiger charge is 2.15. The zero-order valence-corrected chi connectivity index (χ0v) is 9.55. The number of halogens is 1. The van der Waals surface area contributed by atoms with E-state index in [0.717, 1.165) is 11.1 Å². The second-order valence-corrected chi connectivity index (χ2v) is 3.63. The Morgan fingerprint density at radius 1 is 1.62 bits per heavy atom. The van der Waals surface area contributed by atoms with Crippen LogP contribution in [0.5, 0.6) is 0 Å². The van der Waals surface area contributed by atoms with Gasteiger partial charge >= 0.3 is 0 Å². The second-order valence-electron chi connectivity index (χ2n) is 3.63. The first-order chi connectivity index (χ1) is 7.58. The van der Waals surface area contributed by atoms with Gasteiger partial charge in [-0.3, -0.25) is 4.99 Å². The zero-order valence-electron chi connectivity index (χ0n) is 9.55. The maximum atomic E-state index is 13.6. The molecule has 16 heavy (non-hydrogen) atoms. The van der Waals surface area contributed by atoms with E-state index in [1.807, 2.05) is 13.0 Å². The van der Waals surface area contributed by atoms with Crippen molar-refractivity contribution in [2.75, 3.05) is 7.05 Å². The van der Waals surface area contributed by atoms with Crippen LogP contribution in [0.2, 0.25) is 0 Å². The highest BCUT2D eigenvalue weighted by atomic mass is 19.1. The standard InChI is InChI=1S/C14H14FN/c1-5-11-8-12(7-6-10(2)3)14(16-4)13(15)9-11/h1,7-9H,2,6H2,3-4H3/b12-7-,16-14?. The van der Waals surface area contributed by atoms with Crippen LogP contribution in [-0.4, -0.2) is 12.8 Å². The third kappa shape index (κ3) is 2.80. The molecule has 0 aliphatic heterocycles. The summed E-state index contributed by atoms with van der Waals surface area (Å²) in [7, 11) is 1.56. The van der Waals surface area contributed by atoms with Gasteiger partial charge in [-0.25, -0.2) is 4.39 Å². The number of allylic oxidation sites excluding steroid dienone is 7. The lowest BCUT2D eigenvalue weighted by Crippen LogP contribution is -2.07. The Kier molecular flexibility index (Phi) is 4.02. The molecule has 0 spiro atoms. The minimum Gasteiger partial charge on any atom is -0.285 e. The Morgan fingerprint density at radius 2 is 2.31 bits per heavy atom. The van der Waals surface area contributed by atoms with E-state index in [4.69, 9.17) is 6.42 Å². The maximum absolute atomic E-state index is 13.6. The van der Waals surface area contributed by atoms with Crippen LogP contribution >= 0.6 is 0 Å². The predicted octanol–water partition coefficient (Wildman–Crippen LogP) is 3.38. The Hall–Kier alpha value is -1.88. The number of hydrogen-bond donors (Lipinski definition) is 0. The molecule has 0 atom stereocenters. The summed E-state index contributed by atoms with van der Waals surface area (Å²) in [5.41, 5.74) is 2.60. The van der Waals surface area contributed by atoms with Crippen LogP contribution in [0.3, 0.4) is 0 Å². The van der Waals surface area contributed by atoms with Gasteiger partial charge in [-0.1, -0.05) is 24.1 Å². The van der Waals surface area contributed by atoms with Gasteiger partial charge in [0.2, 0.25) is 0 Å². The molecule has 0 aromatic rings. The molecule has 0 bridgehead atoms. The van der Waals surface area contributed by atoms with E-state index in [0.29, 0.717) is 17.7 Å². The number of hydrogen-bond acceptors (Lipinski definition) is 1. The van der Waals surface area contributed by atoms with E-state index in [1.54, 1.807) is 13.1 Å². The first kappa shape index (κ1) is 12.2. The zero-order chi connectivity index (χ0) is 12.1. The molecule has 0 N–H and O–H groups in total. The van der Waals surface area contributed by atoms with E-state index in [1.165, 1.54) is 6.08 Å². The maximum Gasteiger partial charge on any atom is 0.150 e. The van der Waals surface area contributed by atoms with E-state index < -0.39 is 0 Å². The molecular weight excluding hydrogens is 201 g/mol. The Balaban J connectivity index is 3.12. The number of terminal acetylenes is 1. The molecule has 0 fully saturated rings. The molecule has 0 amide bonds. The second kappa shape index (κ2) is 5.27. The van der Waals surface area contributed by atoms with E-state index >= 15 is 0 Å². The largest absolute Gasteiger partial charge is 0.285 e. The summed E-state index contributed by atoms with van der Waals surface area (Å²) in [6, 6.07) is 0. The summed E-state index contributed by atoms with van der Waals surface area (Å²) in [6.07, 6.45) is 10.9. The molecule has 0 radical (unpaired) electrons. The van der Waals surface area contributed by atoms with Gasteiger partial charge in [-0.05, 0) is 25.5 Å². The van der Waals surface area contributed by atoms with Crippen LogP contribution in [0.1, 0.15) is 13.3 Å². The average Bonchev–Trinajstić information content (AvgIpc) is 2.25. The van der Waals surface area contributed by atoms with Gasteiger partial charge in [0.25, 0.3) is 0 Å². The summed E-state index contributed by atoms with van der Waals surface area (Å²) in [4.78, 5) is 3.92. The van der Waals surface area contributed by atoms with Gasteiger partial charge in [0.05, 0.1) is 5.71 Å². The Morgan fingerprint density at radius 3 is 2.81 bits per heavy atom. The number of nitrogens with zero attached hydrogens (tertiary/aromatic N) is 1. The Labute approximate surface area is 95.8 Å². The summed E-state index contributed by atoms with van der Waals surface area (Å²) in [5, 5.41) is 0. The fourth-order valence-electron chi connectivity index (χ4n) is 1.38. The lowest BCUT2D eigenvalue weighted by atomic mass is 9.97. The highest BCUT2D eigenvalue weighted by molar-refractivity contribution is 6.14. The minimum absolute atomic E-state index is 0.347. The van der Waals surface area contributed by atoms with Crippen LogP contribution in [0.25, 0.3) is 0 Å². The third-order valence-electron chi connectivity index (χ3n) is 2.15. The molecule has 0 aromatic heterocycles. The van der Waals surface area contributed by atoms with Crippen LogP contribution < -0.4 is 0 Å². The summed E-state index contributed by atoms with van der Waals surface area (Å²) < 4.78 is 13.6. The lowest BCUT2D eigenvalue weighted by molar-refractivity contribution is 0.679. The molecule has 1 rings (SSSR count). The van der Waals surface area contributed by atoms with Gasteiger partial charge in [0.15, 0.2) is 0 Å². The molecule has 2 heteroatoms. The van der Waals surface area contributed by atoms with E-state index in [-0.39, 0.29) is 5.83 Å². The summed E-state index contributed by atoms with van der Waals surface area (Å²) in [5.74, 6) is 2.04. The van der Waals surface area contributed by atoms with Crippen molar-refractivity contribution < 1.29 is 4.39 Å². The van der Waals surface area contributed by atoms with Crippen molar-refractivity contribution in [1.82, 2.24) is 0 Å². The van der Waals surface area contributed by atoms with Crippen LogP contribution in [0.15, 0.2) is 52.3 Å². The summed E-state index contributed by atoms with van der Waals surface area (Å²) in [6.45, 7) is 5.71. The molecule has 0 saturated heterocycles. The first-order valence-corrected chi connectivity index (χ1v) is 4.96. The van der Waals surface area contributed by atoms with Gasteiger partial charge in [-0.15, -0.1) is 6.42 Å². The van der Waals surface area contributed by atoms with E-state index in [2.05, 4.69) is 17.5 Å². The van der Waals surface area contributed by atoms with Crippen molar-refractivity contribution in [3.63, 3.8) is 0 Å². The molecule has 1 nitrogen and oxygen atoms in total. The SMILES string of the molecule is C#CC1=C/C(=C/CC(=C)C)C(=NC)C(F)=C1. The van der Waals surface area contributed by atoms with Crippen molar-refractivity contribution >= 4 is 5.71 Å². The quantitative estimate of drug-likeness (QED) is 0.494. The van der Waals surface area contributed by atoms with Crippen molar-refractivity contribution in [2.24, 2.45) is 4.99 Å². The Bertz CT molecular complexity index is 467. The lowest BCUT2D eigenvalue weighted by Gasteiger charge is -2.11. The summed E-state index contributed by atoms with van der Waals surface area (Å²) >= 11 is 0. The van der Waals surface area contributed by atoms with Crippen molar-refractivity contribution in [3.05, 3.63) is 47.4 Å². The van der Waals surface area contributed by atoms with Gasteiger partial charge in [0, 0.05) is 18.2 Å². The van der Waals surface area contributed by atoms with Crippen LogP contribution in [0.4, 0.5) is 4.39 Å². The van der Waals surface area contributed by atoms with Gasteiger partial charge < -0.3 is 0 Å². The van der Waals surface area contributed by atoms with Crippen molar-refractivity contribution in [3.8, 4) is 12.3 Å². The molecule has 0 unspecified atom stereocenters. The predicted molar refractivity (Wildman–Crippen MR) is 67.0 cm³/mol. The van der Waals surface area contributed by atoms with E-state index in [9.17, 15) is 4.39 Å². The molecule has 0 heterocycles. The molecular formula is C14H14FN. The third-order valence-corrected chi connectivity index (χ3v) is 2.15. The van der Waals surface area contributed by atoms with Crippen LogP contribution in [-0.2, 0) is 0 Å². The fourth-order valence-corrected chi connectivity index (χ4v) is 1.38. The minimum atomic E-state index is -0.383. The molecule has 1 aliphatic rings. The van der Waals surface area contributed by atoms with Crippen molar-refractivity contribution in [1.29, 1.82) is 0 Å². The number of rotatable bonds is 2. The fraction of sp³-hybridized carbons (Fsp3) is 0.214. The topological polar surface area (TPSA) is 12.4 Å². The highest BCUT2D eigenvalue weighted by Crippen LogP contribution is 2.21. The van der Waals surface area contributed by atoms with Crippen LogP contribution in [0, 0.1) is 12.3 Å². The molecule has 1 aliphatic carbocycles. The van der Waals surface area contributed by atoms with Gasteiger partial charge in [0.1, 0.15) is 5.83 Å². The van der Waals surface area contributed by atoms with Crippen molar-refractivity contribution in [2.45, 2.75) is 13.3 Å². The molecule has 0 saturated carbocycles. The monoisotopic (exact) mass is 215 g/mol. The number of aliphatic imine (C=N–C) groups is 1.